The fraction of sp³-hybridized carbons (Fsp3) is 0.267. The predicted octanol–water partition coefficient (Wildman–Crippen LogP) is 3.15. The van der Waals surface area contributed by atoms with Gasteiger partial charge in [0.15, 0.2) is 0 Å². The molecule has 6 heteroatoms. The first-order chi connectivity index (χ1) is 10.2. The number of hydrogen-bond acceptors (Lipinski definition) is 3. The fourth-order valence-electron chi connectivity index (χ4n) is 2.47. The van der Waals surface area contributed by atoms with E-state index in [-0.39, 0.29) is 0 Å². The summed E-state index contributed by atoms with van der Waals surface area (Å²) in [5.74, 6) is 0.715. The number of hydrogen-bond donors (Lipinski definition) is 2. The van der Waals surface area contributed by atoms with Gasteiger partial charge in [0.1, 0.15) is 16.9 Å². The van der Waals surface area contributed by atoms with E-state index in [0.29, 0.717) is 11.3 Å². The van der Waals surface area contributed by atoms with Crippen LogP contribution in [0.25, 0.3) is 21.9 Å². The van der Waals surface area contributed by atoms with E-state index in [1.807, 2.05) is 24.3 Å². The van der Waals surface area contributed by atoms with Gasteiger partial charge in [-0.1, -0.05) is 31.5 Å². The van der Waals surface area contributed by atoms with Crippen LogP contribution in [0.4, 0.5) is 4.79 Å². The number of rotatable bonds is 4. The Morgan fingerprint density at radius 1 is 1.33 bits per heavy atom. The highest BCUT2D eigenvalue weighted by Gasteiger charge is 2.15. The molecule has 21 heavy (non-hydrogen) atoms. The van der Waals surface area contributed by atoms with Gasteiger partial charge < -0.3 is 5.11 Å². The van der Waals surface area contributed by atoms with E-state index in [9.17, 15) is 4.79 Å². The number of carboxylic acid groups (broad SMARTS) is 1. The van der Waals surface area contributed by atoms with Crippen molar-refractivity contribution in [2.75, 3.05) is 5.43 Å². The van der Waals surface area contributed by atoms with Crippen molar-refractivity contribution in [2.24, 2.45) is 0 Å². The summed E-state index contributed by atoms with van der Waals surface area (Å²) in [4.78, 5) is 20.0. The molecule has 3 rings (SSSR count). The van der Waals surface area contributed by atoms with Crippen LogP contribution >= 0.6 is 0 Å². The second-order valence-electron chi connectivity index (χ2n) is 4.89. The van der Waals surface area contributed by atoms with Crippen LogP contribution in [0.5, 0.6) is 0 Å². The van der Waals surface area contributed by atoms with Crippen molar-refractivity contribution in [2.45, 2.75) is 26.2 Å². The van der Waals surface area contributed by atoms with Gasteiger partial charge in [0, 0.05) is 11.8 Å². The zero-order valence-corrected chi connectivity index (χ0v) is 11.7. The Labute approximate surface area is 121 Å². The molecule has 1 amide bonds. The summed E-state index contributed by atoms with van der Waals surface area (Å²) >= 11 is 0. The number of unbranched alkanes of at least 4 members (excludes halogenated alkanes) is 1. The lowest BCUT2D eigenvalue weighted by molar-refractivity contribution is 0.206. The normalized spacial score (nSPS) is 11.1. The monoisotopic (exact) mass is 284 g/mol. The quantitative estimate of drug-likeness (QED) is 0.771. The molecule has 108 valence electrons. The molecule has 0 aliphatic heterocycles. The van der Waals surface area contributed by atoms with Gasteiger partial charge in [-0.3, -0.25) is 4.98 Å². The number of imidazole rings is 1. The molecule has 2 N–H and O–H groups in total. The maximum Gasteiger partial charge on any atom is 0.424 e. The van der Waals surface area contributed by atoms with Crippen LogP contribution in [0.15, 0.2) is 30.5 Å². The highest BCUT2D eigenvalue weighted by Crippen LogP contribution is 2.24. The number of nitrogens with one attached hydrogen (secondary N) is 1. The van der Waals surface area contributed by atoms with Crippen molar-refractivity contribution < 1.29 is 9.90 Å². The lowest BCUT2D eigenvalue weighted by Gasteiger charge is -2.09. The number of aryl methyl sites for hydroxylation is 1. The van der Waals surface area contributed by atoms with E-state index < -0.39 is 6.09 Å². The van der Waals surface area contributed by atoms with Crippen LogP contribution in [0, 0.1) is 0 Å². The molecule has 0 atom stereocenters. The van der Waals surface area contributed by atoms with Gasteiger partial charge in [-0.25, -0.2) is 19.9 Å². The van der Waals surface area contributed by atoms with Crippen LogP contribution in [0.1, 0.15) is 25.6 Å². The number of fused-ring (bicyclic) bond motifs is 3. The van der Waals surface area contributed by atoms with Gasteiger partial charge in [-0.05, 0) is 12.5 Å². The second-order valence-corrected chi connectivity index (χ2v) is 4.89. The number of nitrogens with zero attached hydrogens (tertiary/aromatic N) is 3. The summed E-state index contributed by atoms with van der Waals surface area (Å²) in [6.07, 6.45) is 3.28. The lowest BCUT2D eigenvalue weighted by Crippen LogP contribution is -2.22. The predicted molar refractivity (Wildman–Crippen MR) is 81.0 cm³/mol. The van der Waals surface area contributed by atoms with Crippen LogP contribution < -0.4 is 5.43 Å². The summed E-state index contributed by atoms with van der Waals surface area (Å²) in [6, 6.07) is 7.65. The summed E-state index contributed by atoms with van der Waals surface area (Å²) in [5, 5.41) is 9.98. The lowest BCUT2D eigenvalue weighted by atomic mass is 10.2. The van der Waals surface area contributed by atoms with Crippen LogP contribution in [0.2, 0.25) is 0 Å². The van der Waals surface area contributed by atoms with Crippen molar-refractivity contribution >= 4 is 28.0 Å². The van der Waals surface area contributed by atoms with E-state index in [2.05, 4.69) is 22.3 Å². The van der Waals surface area contributed by atoms with Crippen molar-refractivity contribution in [3.05, 3.63) is 36.3 Å². The average Bonchev–Trinajstić information content (AvgIpc) is 2.82. The number of carbonyl (C=O) groups is 1. The first-order valence-electron chi connectivity index (χ1n) is 6.95. The van der Waals surface area contributed by atoms with E-state index in [4.69, 9.17) is 5.11 Å². The summed E-state index contributed by atoms with van der Waals surface area (Å²) in [5.41, 5.74) is 4.72. The first kappa shape index (κ1) is 13.4. The van der Waals surface area contributed by atoms with Crippen LogP contribution in [0.3, 0.4) is 0 Å². The molecule has 0 fully saturated rings. The van der Waals surface area contributed by atoms with Gasteiger partial charge in [0.05, 0.1) is 11.7 Å². The molecule has 3 aromatic rings. The first-order valence-corrected chi connectivity index (χ1v) is 6.95. The van der Waals surface area contributed by atoms with Crippen LogP contribution in [-0.2, 0) is 6.42 Å². The summed E-state index contributed by atoms with van der Waals surface area (Å²) < 4.78 is 1.57. The number of benzene rings is 1. The Kier molecular flexibility index (Phi) is 3.43. The molecule has 0 saturated heterocycles. The SMILES string of the molecule is CCCCc1nc2cnc3ccccc3c2n1NC(=O)O. The number of para-hydroxylation sites is 1. The van der Waals surface area contributed by atoms with Crippen molar-refractivity contribution in [1.29, 1.82) is 0 Å². The molecule has 0 radical (unpaired) electrons. The minimum atomic E-state index is -1.10. The van der Waals surface area contributed by atoms with Gasteiger partial charge in [0.25, 0.3) is 0 Å². The largest absolute Gasteiger partial charge is 0.464 e. The topological polar surface area (TPSA) is 80.0 Å². The maximum absolute atomic E-state index is 11.1. The van der Waals surface area contributed by atoms with E-state index >= 15 is 0 Å². The van der Waals surface area contributed by atoms with Crippen molar-refractivity contribution in [3.63, 3.8) is 0 Å². The van der Waals surface area contributed by atoms with Crippen molar-refractivity contribution in [1.82, 2.24) is 14.6 Å². The molecule has 1 aromatic carbocycles. The highest BCUT2D eigenvalue weighted by atomic mass is 16.4. The second kappa shape index (κ2) is 5.40. The van der Waals surface area contributed by atoms with Gasteiger partial charge >= 0.3 is 6.09 Å². The Morgan fingerprint density at radius 3 is 2.90 bits per heavy atom. The Balaban J connectivity index is 2.27. The third-order valence-corrected chi connectivity index (χ3v) is 3.42. The molecule has 2 aromatic heterocycles. The summed E-state index contributed by atoms with van der Waals surface area (Å²) in [6.45, 7) is 2.09. The molecule has 0 aliphatic carbocycles. The molecule has 0 bridgehead atoms. The Bertz CT molecular complexity index is 810. The standard InChI is InChI=1S/C15H16N4O2/c1-2-3-8-13-17-12-9-16-11-7-5-4-6-10(11)14(12)19(13)18-15(20)21/h4-7,9,18H,2-3,8H2,1H3,(H,20,21). The minimum Gasteiger partial charge on any atom is -0.464 e. The Morgan fingerprint density at radius 2 is 2.14 bits per heavy atom. The van der Waals surface area contributed by atoms with E-state index in [1.165, 1.54) is 0 Å². The van der Waals surface area contributed by atoms with Crippen molar-refractivity contribution in [3.8, 4) is 0 Å². The van der Waals surface area contributed by atoms with Gasteiger partial charge in [-0.2, -0.15) is 0 Å². The molecule has 0 unspecified atom stereocenters. The molecule has 0 saturated carbocycles. The molecule has 0 spiro atoms. The fourth-order valence-corrected chi connectivity index (χ4v) is 2.47. The summed E-state index contributed by atoms with van der Waals surface area (Å²) in [7, 11) is 0. The van der Waals surface area contributed by atoms with Gasteiger partial charge in [-0.15, -0.1) is 0 Å². The smallest absolute Gasteiger partial charge is 0.424 e. The number of pyridine rings is 1. The minimum absolute atomic E-state index is 0.702. The van der Waals surface area contributed by atoms with Gasteiger partial charge in [0.2, 0.25) is 0 Å². The Hall–Kier alpha value is -2.63. The van der Waals surface area contributed by atoms with E-state index in [1.54, 1.807) is 10.9 Å². The van der Waals surface area contributed by atoms with Crippen LogP contribution in [-0.4, -0.2) is 25.8 Å². The maximum atomic E-state index is 11.1. The highest BCUT2D eigenvalue weighted by molar-refractivity contribution is 6.02. The molecule has 0 aliphatic rings. The number of amides is 1. The third-order valence-electron chi connectivity index (χ3n) is 3.42. The molecule has 6 nitrogen and oxygen atoms in total. The third kappa shape index (κ3) is 2.40. The van der Waals surface area contributed by atoms with E-state index in [0.717, 1.165) is 35.7 Å². The number of aromatic nitrogens is 3. The average molecular weight is 284 g/mol. The molecule has 2 heterocycles. The molecular formula is C15H16N4O2. The zero-order chi connectivity index (χ0) is 14.8. The molecular weight excluding hydrogens is 268 g/mol. The zero-order valence-electron chi connectivity index (χ0n) is 11.7.